The van der Waals surface area contributed by atoms with Crippen LogP contribution in [0.2, 0.25) is 0 Å². The molecule has 1 aliphatic rings. The van der Waals surface area contributed by atoms with Crippen LogP contribution in [0.25, 0.3) is 0 Å². The van der Waals surface area contributed by atoms with Crippen molar-refractivity contribution >= 4 is 0 Å². The van der Waals surface area contributed by atoms with Crippen LogP contribution in [0.3, 0.4) is 0 Å². The first-order chi connectivity index (χ1) is 16.0. The van der Waals surface area contributed by atoms with Crippen molar-refractivity contribution in [3.05, 3.63) is 71.3 Å². The van der Waals surface area contributed by atoms with Crippen LogP contribution >= 0.6 is 0 Å². The van der Waals surface area contributed by atoms with Gasteiger partial charge in [0.15, 0.2) is 11.6 Å². The molecule has 2 aromatic carbocycles. The Balaban J connectivity index is 1.80. The SMILES string of the molecule is CCC(CCC(C#N)(c1ccc(F)c(F)c1)C1CCCCC1)N(CC)CCc1ccccc1. The van der Waals surface area contributed by atoms with Gasteiger partial charge >= 0.3 is 0 Å². The third kappa shape index (κ3) is 6.21. The van der Waals surface area contributed by atoms with Gasteiger partial charge in [0, 0.05) is 12.6 Å². The van der Waals surface area contributed by atoms with Crippen molar-refractivity contribution in [2.24, 2.45) is 5.92 Å². The molecule has 3 rings (SSSR count). The zero-order valence-corrected chi connectivity index (χ0v) is 20.2. The van der Waals surface area contributed by atoms with E-state index in [1.807, 2.05) is 6.07 Å². The molecule has 0 aromatic heterocycles. The highest BCUT2D eigenvalue weighted by Gasteiger charge is 2.42. The van der Waals surface area contributed by atoms with Gasteiger partial charge in [-0.3, -0.25) is 0 Å². The maximum atomic E-state index is 14.2. The molecule has 2 aromatic rings. The molecule has 2 nitrogen and oxygen atoms in total. The monoisotopic (exact) mass is 452 g/mol. The Morgan fingerprint density at radius 3 is 2.36 bits per heavy atom. The van der Waals surface area contributed by atoms with Crippen LogP contribution in [0.1, 0.15) is 76.3 Å². The molecule has 0 saturated heterocycles. The third-order valence-corrected chi connectivity index (χ3v) is 7.73. The molecule has 1 saturated carbocycles. The standard InChI is InChI=1S/C29H38F2N2/c1-3-26(33(4-2)20-18-23-11-7-5-8-12-23)17-19-29(22-32,24-13-9-6-10-14-24)25-15-16-27(30)28(31)21-25/h5,7-8,11-12,15-16,21,24,26H,3-4,6,9-10,13-14,17-20H2,1-2H3. The Bertz CT molecular complexity index is 902. The highest BCUT2D eigenvalue weighted by Crippen LogP contribution is 2.45. The second kappa shape index (κ2) is 12.3. The second-order valence-corrected chi connectivity index (χ2v) is 9.51. The molecule has 1 fully saturated rings. The summed E-state index contributed by atoms with van der Waals surface area (Å²) in [4.78, 5) is 2.52. The van der Waals surface area contributed by atoms with Gasteiger partial charge in [-0.2, -0.15) is 5.26 Å². The van der Waals surface area contributed by atoms with Crippen LogP contribution < -0.4 is 0 Å². The van der Waals surface area contributed by atoms with Crippen LogP contribution in [-0.4, -0.2) is 24.0 Å². The molecule has 2 unspecified atom stereocenters. The first-order valence-electron chi connectivity index (χ1n) is 12.7. The summed E-state index contributed by atoms with van der Waals surface area (Å²) in [5, 5.41) is 10.5. The number of rotatable bonds is 11. The van der Waals surface area contributed by atoms with E-state index in [1.165, 1.54) is 24.1 Å². The number of nitrogens with zero attached hydrogens (tertiary/aromatic N) is 2. The Kier molecular flexibility index (Phi) is 9.44. The van der Waals surface area contributed by atoms with Crippen LogP contribution in [-0.2, 0) is 11.8 Å². The first kappa shape index (κ1) is 25.4. The van der Waals surface area contributed by atoms with Gasteiger partial charge in [0.1, 0.15) is 0 Å². The summed E-state index contributed by atoms with van der Waals surface area (Å²) in [5.74, 6) is -1.51. The molecule has 0 bridgehead atoms. The van der Waals surface area contributed by atoms with Gasteiger partial charge in [0.05, 0.1) is 11.5 Å². The first-order valence-corrected chi connectivity index (χ1v) is 12.7. The normalized spacial score (nSPS) is 17.5. The van der Waals surface area contributed by atoms with Crippen molar-refractivity contribution in [2.75, 3.05) is 13.1 Å². The van der Waals surface area contributed by atoms with E-state index < -0.39 is 17.0 Å². The molecule has 4 heteroatoms. The summed E-state index contributed by atoms with van der Waals surface area (Å²) in [6, 6.07) is 17.6. The van der Waals surface area contributed by atoms with Gasteiger partial charge in [0.25, 0.3) is 0 Å². The van der Waals surface area contributed by atoms with Crippen LogP contribution in [0.15, 0.2) is 48.5 Å². The van der Waals surface area contributed by atoms with E-state index in [9.17, 15) is 14.0 Å². The minimum Gasteiger partial charge on any atom is -0.300 e. The van der Waals surface area contributed by atoms with E-state index in [4.69, 9.17) is 0 Å². The predicted octanol–water partition coefficient (Wildman–Crippen LogP) is 7.43. The number of hydrogen-bond acceptors (Lipinski definition) is 2. The molecule has 33 heavy (non-hydrogen) atoms. The summed E-state index contributed by atoms with van der Waals surface area (Å²) in [5.41, 5.74) is 1.22. The Morgan fingerprint density at radius 1 is 1.03 bits per heavy atom. The molecule has 0 aliphatic heterocycles. The molecule has 0 amide bonds. The van der Waals surface area contributed by atoms with Gasteiger partial charge in [-0.1, -0.05) is 69.5 Å². The summed E-state index contributed by atoms with van der Waals surface area (Å²) in [6.45, 7) is 6.34. The zero-order valence-electron chi connectivity index (χ0n) is 20.2. The van der Waals surface area contributed by atoms with Crippen molar-refractivity contribution < 1.29 is 8.78 Å². The average molecular weight is 453 g/mol. The van der Waals surface area contributed by atoms with Crippen molar-refractivity contribution in [2.45, 2.75) is 83.1 Å². The number of nitriles is 1. The third-order valence-electron chi connectivity index (χ3n) is 7.73. The van der Waals surface area contributed by atoms with E-state index in [0.717, 1.165) is 58.0 Å². The smallest absolute Gasteiger partial charge is 0.159 e. The lowest BCUT2D eigenvalue weighted by atomic mass is 9.63. The maximum Gasteiger partial charge on any atom is 0.159 e. The van der Waals surface area contributed by atoms with E-state index >= 15 is 0 Å². The lowest BCUT2D eigenvalue weighted by Crippen LogP contribution is -2.40. The Labute approximate surface area is 198 Å². The van der Waals surface area contributed by atoms with E-state index in [1.54, 1.807) is 6.07 Å². The van der Waals surface area contributed by atoms with Crippen LogP contribution in [0, 0.1) is 28.9 Å². The minimum atomic E-state index is -0.854. The van der Waals surface area contributed by atoms with E-state index in [-0.39, 0.29) is 5.92 Å². The fraction of sp³-hybridized carbons (Fsp3) is 0.552. The number of likely N-dealkylation sites (N-methyl/N-ethyl adjacent to an activating group) is 1. The molecular weight excluding hydrogens is 414 g/mol. The highest BCUT2D eigenvalue weighted by atomic mass is 19.2. The quantitative estimate of drug-likeness (QED) is 0.354. The average Bonchev–Trinajstić information content (AvgIpc) is 2.86. The fourth-order valence-electron chi connectivity index (χ4n) is 5.72. The molecule has 0 radical (unpaired) electrons. The molecule has 0 heterocycles. The van der Waals surface area contributed by atoms with Crippen molar-refractivity contribution in [3.63, 3.8) is 0 Å². The van der Waals surface area contributed by atoms with Gasteiger partial charge in [0.2, 0.25) is 0 Å². The molecule has 178 valence electrons. The fourth-order valence-corrected chi connectivity index (χ4v) is 5.72. The molecule has 2 atom stereocenters. The van der Waals surface area contributed by atoms with Crippen molar-refractivity contribution in [3.8, 4) is 6.07 Å². The lowest BCUT2D eigenvalue weighted by molar-refractivity contribution is 0.165. The molecular formula is C29H38F2N2. The zero-order chi connectivity index (χ0) is 23.7. The van der Waals surface area contributed by atoms with Gasteiger partial charge in [-0.25, -0.2) is 8.78 Å². The van der Waals surface area contributed by atoms with Crippen LogP contribution in [0.5, 0.6) is 0 Å². The summed E-state index contributed by atoms with van der Waals surface area (Å²) < 4.78 is 27.9. The van der Waals surface area contributed by atoms with Crippen molar-refractivity contribution in [1.82, 2.24) is 4.90 Å². The summed E-state index contributed by atoms with van der Waals surface area (Å²) in [6.07, 6.45) is 8.93. The Hall–Kier alpha value is -2.25. The molecule has 1 aliphatic carbocycles. The summed E-state index contributed by atoms with van der Waals surface area (Å²) >= 11 is 0. The summed E-state index contributed by atoms with van der Waals surface area (Å²) in [7, 11) is 0. The van der Waals surface area contributed by atoms with Crippen molar-refractivity contribution in [1.29, 1.82) is 5.26 Å². The predicted molar refractivity (Wildman–Crippen MR) is 131 cm³/mol. The van der Waals surface area contributed by atoms with Gasteiger partial charge in [-0.05, 0) is 74.2 Å². The number of hydrogen-bond donors (Lipinski definition) is 0. The maximum absolute atomic E-state index is 14.2. The van der Waals surface area contributed by atoms with Crippen LogP contribution in [0.4, 0.5) is 8.78 Å². The minimum absolute atomic E-state index is 0.193. The molecule has 0 spiro atoms. The largest absolute Gasteiger partial charge is 0.300 e. The number of benzene rings is 2. The van der Waals surface area contributed by atoms with Gasteiger partial charge in [-0.15, -0.1) is 0 Å². The Morgan fingerprint density at radius 2 is 1.76 bits per heavy atom. The lowest BCUT2D eigenvalue weighted by Gasteiger charge is -2.40. The highest BCUT2D eigenvalue weighted by molar-refractivity contribution is 5.35. The topological polar surface area (TPSA) is 27.0 Å². The molecule has 0 N–H and O–H groups in total. The van der Waals surface area contributed by atoms with Gasteiger partial charge < -0.3 is 4.90 Å². The number of halogens is 2. The van der Waals surface area contributed by atoms with E-state index in [2.05, 4.69) is 49.1 Å². The van der Waals surface area contributed by atoms with E-state index in [0.29, 0.717) is 18.0 Å². The second-order valence-electron chi connectivity index (χ2n) is 9.51.